The largest absolute Gasteiger partial charge is 0.433 e. The summed E-state index contributed by atoms with van der Waals surface area (Å²) in [4.78, 5) is 4.96. The van der Waals surface area contributed by atoms with Crippen LogP contribution in [-0.4, -0.2) is 27.6 Å². The Labute approximate surface area is 135 Å². The van der Waals surface area contributed by atoms with E-state index in [1.165, 1.54) is 17.8 Å². The van der Waals surface area contributed by atoms with Crippen molar-refractivity contribution in [3.63, 3.8) is 0 Å². The Bertz CT molecular complexity index is 866. The number of ether oxygens (including phenoxy) is 1. The number of nitrogen functional groups attached to an aromatic ring is 1. The summed E-state index contributed by atoms with van der Waals surface area (Å²) in [7, 11) is 0. The number of nitrogens with zero attached hydrogens (tertiary/aromatic N) is 3. The molecule has 0 bridgehead atoms. The molecule has 1 aromatic carbocycles. The molecule has 0 saturated heterocycles. The molecule has 2 aromatic heterocycles. The average Bonchev–Trinajstić information content (AvgIpc) is 2.83. The molecule has 0 aliphatic rings. The highest BCUT2D eigenvalue weighted by Gasteiger charge is 2.17. The van der Waals surface area contributed by atoms with Gasteiger partial charge in [0.15, 0.2) is 5.75 Å². The average molecular weight is 336 g/mol. The lowest BCUT2D eigenvalue weighted by atomic mass is 10.2. The molecular weight excluding hydrogens is 322 g/mol. The molecule has 0 amide bonds. The number of anilines is 1. The molecule has 0 spiro atoms. The Hall–Kier alpha value is -2.35. The number of hydrogen-bond donors (Lipinski definition) is 1. The Morgan fingerprint density at radius 2 is 2.09 bits per heavy atom. The van der Waals surface area contributed by atoms with Crippen LogP contribution in [-0.2, 0) is 0 Å². The topological polar surface area (TPSA) is 66.0 Å². The van der Waals surface area contributed by atoms with Crippen LogP contribution in [0.5, 0.6) is 5.75 Å². The minimum Gasteiger partial charge on any atom is -0.433 e. The first kappa shape index (κ1) is 15.5. The van der Waals surface area contributed by atoms with Crippen LogP contribution in [0.15, 0.2) is 35.4 Å². The quantitative estimate of drug-likeness (QED) is 0.737. The second-order valence-electron chi connectivity index (χ2n) is 4.84. The summed E-state index contributed by atoms with van der Waals surface area (Å²) in [5.74, 6) is 0.383. The molecule has 0 radical (unpaired) electrons. The zero-order valence-electron chi connectivity index (χ0n) is 12.5. The van der Waals surface area contributed by atoms with Crippen LogP contribution in [0, 0.1) is 6.92 Å². The van der Waals surface area contributed by atoms with E-state index in [9.17, 15) is 8.78 Å². The van der Waals surface area contributed by atoms with E-state index in [1.54, 1.807) is 29.1 Å². The van der Waals surface area contributed by atoms with Gasteiger partial charge < -0.3 is 10.5 Å². The molecule has 23 heavy (non-hydrogen) atoms. The van der Waals surface area contributed by atoms with Gasteiger partial charge in [-0.1, -0.05) is 0 Å². The van der Waals surface area contributed by atoms with Gasteiger partial charge in [0.05, 0.1) is 11.2 Å². The van der Waals surface area contributed by atoms with Crippen LogP contribution >= 0.6 is 11.8 Å². The maximum atomic E-state index is 12.7. The molecule has 0 fully saturated rings. The number of thioether (sulfide) groups is 1. The normalized spacial score (nSPS) is 11.3. The fraction of sp³-hybridized carbons (Fsp3) is 0.200. The van der Waals surface area contributed by atoms with Gasteiger partial charge in [-0.15, -0.1) is 11.8 Å². The van der Waals surface area contributed by atoms with Crippen LogP contribution in [0.3, 0.4) is 0 Å². The molecule has 0 aliphatic carbocycles. The molecule has 0 aliphatic heterocycles. The van der Waals surface area contributed by atoms with Crippen molar-refractivity contribution >= 4 is 28.5 Å². The molecule has 0 saturated carbocycles. The fourth-order valence-corrected chi connectivity index (χ4v) is 2.77. The zero-order chi connectivity index (χ0) is 16.6. The smallest absolute Gasteiger partial charge is 0.387 e. The lowest BCUT2D eigenvalue weighted by Gasteiger charge is -2.13. The third-order valence-corrected chi connectivity index (χ3v) is 4.11. The summed E-state index contributed by atoms with van der Waals surface area (Å²) in [6.07, 6.45) is 3.52. The summed E-state index contributed by atoms with van der Waals surface area (Å²) in [6, 6.07) is 6.65. The molecule has 5 nitrogen and oxygen atoms in total. The van der Waals surface area contributed by atoms with Gasteiger partial charge in [-0.05, 0) is 31.4 Å². The van der Waals surface area contributed by atoms with E-state index in [0.29, 0.717) is 17.0 Å². The number of alkyl halides is 2. The van der Waals surface area contributed by atoms with Crippen molar-refractivity contribution < 1.29 is 13.5 Å². The van der Waals surface area contributed by atoms with Crippen molar-refractivity contribution in [2.24, 2.45) is 0 Å². The van der Waals surface area contributed by atoms with Gasteiger partial charge in [0.2, 0.25) is 0 Å². The van der Waals surface area contributed by atoms with Crippen molar-refractivity contribution in [1.29, 1.82) is 0 Å². The highest BCUT2D eigenvalue weighted by molar-refractivity contribution is 7.98. The maximum Gasteiger partial charge on any atom is 0.387 e. The van der Waals surface area contributed by atoms with Crippen LogP contribution in [0.25, 0.3) is 16.6 Å². The Balaban J connectivity index is 2.26. The van der Waals surface area contributed by atoms with E-state index in [4.69, 9.17) is 5.73 Å². The highest BCUT2D eigenvalue weighted by atomic mass is 32.2. The maximum absolute atomic E-state index is 12.7. The van der Waals surface area contributed by atoms with Crippen molar-refractivity contribution in [2.45, 2.75) is 18.4 Å². The van der Waals surface area contributed by atoms with Crippen molar-refractivity contribution in [3.05, 3.63) is 36.2 Å². The van der Waals surface area contributed by atoms with Crippen molar-refractivity contribution in [1.82, 2.24) is 14.8 Å². The van der Waals surface area contributed by atoms with Gasteiger partial charge >= 0.3 is 6.61 Å². The minimum atomic E-state index is -2.91. The summed E-state index contributed by atoms with van der Waals surface area (Å²) in [5, 5.41) is 5.23. The summed E-state index contributed by atoms with van der Waals surface area (Å²) in [6.45, 7) is -1.09. The monoisotopic (exact) mass is 336 g/mol. The van der Waals surface area contributed by atoms with Crippen molar-refractivity contribution in [2.75, 3.05) is 12.0 Å². The van der Waals surface area contributed by atoms with Crippen LogP contribution in [0.2, 0.25) is 0 Å². The number of fused-ring (bicyclic) bond motifs is 1. The number of aromatic nitrogens is 3. The molecule has 0 atom stereocenters. The zero-order valence-corrected chi connectivity index (χ0v) is 13.3. The van der Waals surface area contributed by atoms with Gasteiger partial charge in [-0.2, -0.15) is 13.9 Å². The molecule has 120 valence electrons. The van der Waals surface area contributed by atoms with E-state index in [-0.39, 0.29) is 5.75 Å². The number of aryl methyl sites for hydroxylation is 1. The van der Waals surface area contributed by atoms with E-state index in [0.717, 1.165) is 16.0 Å². The molecule has 2 heterocycles. The summed E-state index contributed by atoms with van der Waals surface area (Å²) in [5.41, 5.74) is 7.59. The molecule has 3 rings (SSSR count). The summed E-state index contributed by atoms with van der Waals surface area (Å²) < 4.78 is 31.6. The summed E-state index contributed by atoms with van der Waals surface area (Å²) >= 11 is 1.50. The minimum absolute atomic E-state index is 0.0533. The number of nitrogens with two attached hydrogens (primary N) is 1. The predicted octanol–water partition coefficient (Wildman–Crippen LogP) is 3.63. The van der Waals surface area contributed by atoms with E-state index in [1.807, 2.05) is 13.2 Å². The first-order valence-electron chi connectivity index (χ1n) is 6.73. The van der Waals surface area contributed by atoms with Crippen LogP contribution in [0.4, 0.5) is 14.6 Å². The molecule has 2 N–H and O–H groups in total. The molecule has 3 aromatic rings. The number of hydrogen-bond acceptors (Lipinski definition) is 5. The fourth-order valence-electron chi connectivity index (χ4n) is 2.34. The third-order valence-electron chi connectivity index (χ3n) is 3.38. The van der Waals surface area contributed by atoms with E-state index >= 15 is 0 Å². The number of halogens is 2. The SMILES string of the molecule is CSc1ccc(OC(F)F)c(-n2nc(C)c3cnc(N)cc32)c1. The second kappa shape index (κ2) is 6.04. The highest BCUT2D eigenvalue weighted by Crippen LogP contribution is 2.32. The number of benzene rings is 1. The number of rotatable bonds is 4. The van der Waals surface area contributed by atoms with Crippen molar-refractivity contribution in [3.8, 4) is 11.4 Å². The van der Waals surface area contributed by atoms with Gasteiger partial charge in [0, 0.05) is 22.5 Å². The molecule has 0 unspecified atom stereocenters. The van der Waals surface area contributed by atoms with Crippen LogP contribution < -0.4 is 10.5 Å². The van der Waals surface area contributed by atoms with Crippen LogP contribution in [0.1, 0.15) is 5.69 Å². The standard InChI is InChI=1S/C15H14F2N4OS/c1-8-10-7-19-14(18)6-11(10)21(20-8)12-5-9(23-2)3-4-13(12)22-15(16)17/h3-7,15H,1-2H3,(H2,18,19). The Morgan fingerprint density at radius 1 is 1.30 bits per heavy atom. The van der Waals surface area contributed by atoms with Gasteiger partial charge in [-0.25, -0.2) is 9.67 Å². The predicted molar refractivity (Wildman–Crippen MR) is 86.4 cm³/mol. The lowest BCUT2D eigenvalue weighted by molar-refractivity contribution is -0.0499. The van der Waals surface area contributed by atoms with Gasteiger partial charge in [-0.3, -0.25) is 0 Å². The Kier molecular flexibility index (Phi) is 4.08. The first-order chi connectivity index (χ1) is 11.0. The third kappa shape index (κ3) is 2.94. The van der Waals surface area contributed by atoms with Gasteiger partial charge in [0.1, 0.15) is 11.5 Å². The molecule has 8 heteroatoms. The van der Waals surface area contributed by atoms with Gasteiger partial charge in [0.25, 0.3) is 0 Å². The lowest BCUT2D eigenvalue weighted by Crippen LogP contribution is -2.07. The number of pyridine rings is 1. The first-order valence-corrected chi connectivity index (χ1v) is 7.96. The van der Waals surface area contributed by atoms with E-state index in [2.05, 4.69) is 14.8 Å². The Morgan fingerprint density at radius 3 is 2.78 bits per heavy atom. The van der Waals surface area contributed by atoms with E-state index < -0.39 is 6.61 Å². The molecular formula is C15H14F2N4OS. The second-order valence-corrected chi connectivity index (χ2v) is 5.72.